The van der Waals surface area contributed by atoms with E-state index in [4.69, 9.17) is 23.8 Å². The monoisotopic (exact) mass is 496 g/mol. The second-order valence-electron chi connectivity index (χ2n) is 7.70. The smallest absolute Gasteiger partial charge is 0.352 e. The first-order valence-corrected chi connectivity index (χ1v) is 10.9. The van der Waals surface area contributed by atoms with Crippen LogP contribution in [0.5, 0.6) is 0 Å². The molecule has 2 aromatic heterocycles. The van der Waals surface area contributed by atoms with Crippen molar-refractivity contribution in [1.29, 1.82) is 0 Å². The van der Waals surface area contributed by atoms with Gasteiger partial charge < -0.3 is 9.80 Å². The number of benzene rings is 1. The van der Waals surface area contributed by atoms with Crippen molar-refractivity contribution < 1.29 is 18.0 Å². The molecule has 0 saturated carbocycles. The van der Waals surface area contributed by atoms with Crippen LogP contribution in [0.15, 0.2) is 36.5 Å². The minimum Gasteiger partial charge on any atom is -0.352 e. The van der Waals surface area contributed by atoms with E-state index < -0.39 is 11.7 Å². The summed E-state index contributed by atoms with van der Waals surface area (Å²) in [4.78, 5) is 20.3. The second kappa shape index (κ2) is 9.14. The Morgan fingerprint density at radius 2 is 1.85 bits per heavy atom. The standard InChI is InChI=1S/C21H20ClF3N6OS/c1-13-2-4-14(5-3-13)18-27-28-20(33)31(18)12-17(32)29-6-8-30(9-7-29)19-16(22)10-15(11-26-19)21(23,24)25/h2-5,10-11H,6-9,12H2,1H3,(H,28,33). The van der Waals surface area contributed by atoms with Crippen LogP contribution in [0.1, 0.15) is 11.1 Å². The molecule has 0 unspecified atom stereocenters. The predicted octanol–water partition coefficient (Wildman–Crippen LogP) is 4.33. The van der Waals surface area contributed by atoms with E-state index in [1.54, 1.807) is 14.4 Å². The van der Waals surface area contributed by atoms with E-state index in [1.807, 2.05) is 31.2 Å². The summed E-state index contributed by atoms with van der Waals surface area (Å²) in [7, 11) is 0. The Hall–Kier alpha value is -2.92. The molecule has 1 saturated heterocycles. The number of hydrogen-bond acceptors (Lipinski definition) is 5. The van der Waals surface area contributed by atoms with Crippen molar-refractivity contribution in [2.24, 2.45) is 0 Å². The molecule has 1 fully saturated rings. The number of hydrogen-bond donors (Lipinski definition) is 1. The van der Waals surface area contributed by atoms with Crippen LogP contribution >= 0.6 is 23.8 Å². The van der Waals surface area contributed by atoms with Crippen LogP contribution in [0.25, 0.3) is 11.4 Å². The van der Waals surface area contributed by atoms with Gasteiger partial charge in [-0.3, -0.25) is 14.5 Å². The number of aryl methyl sites for hydroxylation is 1. The first-order valence-electron chi connectivity index (χ1n) is 10.1. The van der Waals surface area contributed by atoms with Crippen molar-refractivity contribution in [1.82, 2.24) is 24.6 Å². The molecule has 1 aliphatic rings. The number of carbonyl (C=O) groups excluding carboxylic acids is 1. The Kier molecular flexibility index (Phi) is 6.44. The average Bonchev–Trinajstić information content (AvgIpc) is 3.14. The van der Waals surface area contributed by atoms with Crippen LogP contribution in [0.4, 0.5) is 19.0 Å². The number of anilines is 1. The van der Waals surface area contributed by atoms with Crippen LogP contribution in [0, 0.1) is 11.7 Å². The fraction of sp³-hybridized carbons (Fsp3) is 0.333. The molecule has 1 amide bonds. The van der Waals surface area contributed by atoms with Crippen molar-refractivity contribution in [2.45, 2.75) is 19.6 Å². The summed E-state index contributed by atoms with van der Waals surface area (Å²) in [5.41, 5.74) is 1.05. The molecule has 33 heavy (non-hydrogen) atoms. The van der Waals surface area contributed by atoms with Crippen LogP contribution in [0.3, 0.4) is 0 Å². The van der Waals surface area contributed by atoms with Crippen molar-refractivity contribution in [3.05, 3.63) is 57.4 Å². The lowest BCUT2D eigenvalue weighted by Gasteiger charge is -2.36. The summed E-state index contributed by atoms with van der Waals surface area (Å²) in [6.07, 6.45) is -3.74. The Labute approximate surface area is 197 Å². The summed E-state index contributed by atoms with van der Waals surface area (Å²) in [5.74, 6) is 0.718. The zero-order valence-corrected chi connectivity index (χ0v) is 19.1. The first kappa shape index (κ1) is 23.2. The minimum absolute atomic E-state index is 0.0256. The molecule has 3 aromatic rings. The third kappa shape index (κ3) is 5.03. The Balaban J connectivity index is 1.42. The number of rotatable bonds is 4. The van der Waals surface area contributed by atoms with Crippen LogP contribution < -0.4 is 4.90 Å². The maximum absolute atomic E-state index is 13.0. The fourth-order valence-electron chi connectivity index (χ4n) is 3.61. The molecule has 7 nitrogen and oxygen atoms in total. The second-order valence-corrected chi connectivity index (χ2v) is 8.49. The summed E-state index contributed by atoms with van der Waals surface area (Å²) in [6, 6.07) is 8.62. The lowest BCUT2D eigenvalue weighted by Crippen LogP contribution is -2.50. The third-order valence-electron chi connectivity index (χ3n) is 5.44. The van der Waals surface area contributed by atoms with E-state index >= 15 is 0 Å². The van der Waals surface area contributed by atoms with E-state index in [0.29, 0.717) is 36.8 Å². The SMILES string of the molecule is Cc1ccc(-c2n[nH]c(=S)n2CC(=O)N2CCN(c3ncc(C(F)(F)F)cc3Cl)CC2)cc1. The highest BCUT2D eigenvalue weighted by atomic mass is 35.5. The highest BCUT2D eigenvalue weighted by Gasteiger charge is 2.32. The van der Waals surface area contributed by atoms with Crippen molar-refractivity contribution in [2.75, 3.05) is 31.1 Å². The Bertz CT molecular complexity index is 1220. The van der Waals surface area contributed by atoms with E-state index in [0.717, 1.165) is 23.4 Å². The van der Waals surface area contributed by atoms with Crippen molar-refractivity contribution >= 4 is 35.5 Å². The molecule has 1 aliphatic heterocycles. The first-order chi connectivity index (χ1) is 15.6. The molecule has 4 rings (SSSR count). The van der Waals surface area contributed by atoms with Crippen LogP contribution in [-0.2, 0) is 17.5 Å². The number of pyridine rings is 1. The van der Waals surface area contributed by atoms with Crippen LogP contribution in [0.2, 0.25) is 5.02 Å². The maximum Gasteiger partial charge on any atom is 0.417 e. The number of amides is 1. The number of aromatic amines is 1. The topological polar surface area (TPSA) is 70.1 Å². The molecule has 0 bridgehead atoms. The summed E-state index contributed by atoms with van der Waals surface area (Å²) >= 11 is 11.4. The van der Waals surface area contributed by atoms with Gasteiger partial charge in [0.05, 0.1) is 10.6 Å². The van der Waals surface area contributed by atoms with Crippen molar-refractivity contribution in [3.63, 3.8) is 0 Å². The highest BCUT2D eigenvalue weighted by Crippen LogP contribution is 2.33. The molecule has 0 radical (unpaired) electrons. The summed E-state index contributed by atoms with van der Waals surface area (Å²) in [6.45, 7) is 3.55. The number of carbonyl (C=O) groups is 1. The van der Waals surface area contributed by atoms with Gasteiger partial charge in [0.2, 0.25) is 5.91 Å². The molecular formula is C21H20ClF3N6OS. The molecule has 1 aromatic carbocycles. The Morgan fingerprint density at radius 3 is 2.45 bits per heavy atom. The molecule has 0 atom stereocenters. The van der Waals surface area contributed by atoms with Crippen LogP contribution in [-0.4, -0.2) is 56.7 Å². The third-order valence-corrected chi connectivity index (χ3v) is 6.03. The van der Waals surface area contributed by atoms with Gasteiger partial charge in [0.15, 0.2) is 10.6 Å². The van der Waals surface area contributed by atoms with E-state index in [1.165, 1.54) is 0 Å². The molecule has 174 valence electrons. The zero-order chi connectivity index (χ0) is 23.8. The number of H-pyrrole nitrogens is 1. The predicted molar refractivity (Wildman–Crippen MR) is 121 cm³/mol. The molecular weight excluding hydrogens is 477 g/mol. The van der Waals surface area contributed by atoms with Gasteiger partial charge in [-0.15, -0.1) is 0 Å². The van der Waals surface area contributed by atoms with Crippen molar-refractivity contribution in [3.8, 4) is 11.4 Å². The van der Waals surface area contributed by atoms with E-state index in [-0.39, 0.29) is 23.3 Å². The van der Waals surface area contributed by atoms with E-state index in [2.05, 4.69) is 15.2 Å². The lowest BCUT2D eigenvalue weighted by atomic mass is 10.1. The lowest BCUT2D eigenvalue weighted by molar-refractivity contribution is -0.138. The number of alkyl halides is 3. The van der Waals surface area contributed by atoms with Gasteiger partial charge in [0.25, 0.3) is 0 Å². The minimum atomic E-state index is -4.51. The Morgan fingerprint density at radius 1 is 1.18 bits per heavy atom. The normalized spacial score (nSPS) is 14.6. The molecule has 3 heterocycles. The number of nitrogens with zero attached hydrogens (tertiary/aromatic N) is 5. The van der Waals surface area contributed by atoms with Gasteiger partial charge in [0.1, 0.15) is 12.4 Å². The largest absolute Gasteiger partial charge is 0.417 e. The number of halogens is 4. The molecule has 1 N–H and O–H groups in total. The molecule has 0 aliphatic carbocycles. The van der Waals surface area contributed by atoms with Gasteiger partial charge in [-0.25, -0.2) is 4.98 Å². The quantitative estimate of drug-likeness (QED) is 0.544. The summed E-state index contributed by atoms with van der Waals surface area (Å²) < 4.78 is 40.5. The van der Waals surface area contributed by atoms with Gasteiger partial charge in [-0.05, 0) is 25.2 Å². The molecule has 0 spiro atoms. The van der Waals surface area contributed by atoms with Gasteiger partial charge in [-0.1, -0.05) is 41.4 Å². The van der Waals surface area contributed by atoms with Gasteiger partial charge in [0, 0.05) is 37.9 Å². The van der Waals surface area contributed by atoms with E-state index in [9.17, 15) is 18.0 Å². The maximum atomic E-state index is 13.0. The molecule has 12 heteroatoms. The average molecular weight is 497 g/mol. The number of nitrogens with one attached hydrogen (secondary N) is 1. The summed E-state index contributed by atoms with van der Waals surface area (Å²) in [5, 5.41) is 6.93. The van der Waals surface area contributed by atoms with Gasteiger partial charge >= 0.3 is 6.18 Å². The fourth-order valence-corrected chi connectivity index (χ4v) is 4.09. The zero-order valence-electron chi connectivity index (χ0n) is 17.6. The van der Waals surface area contributed by atoms with Gasteiger partial charge in [-0.2, -0.15) is 18.3 Å². The number of aromatic nitrogens is 4. The number of piperazine rings is 1. The highest BCUT2D eigenvalue weighted by molar-refractivity contribution is 7.71.